The Morgan fingerprint density at radius 3 is 2.79 bits per heavy atom. The number of hydrogen-bond donors (Lipinski definition) is 0. The van der Waals surface area contributed by atoms with Gasteiger partial charge in [0.1, 0.15) is 0 Å². The average Bonchev–Trinajstić information content (AvgIpc) is 3.47. The minimum atomic E-state index is -0.116. The fourth-order valence-electron chi connectivity index (χ4n) is 6.38. The largest absolute Gasteiger partial charge is 0.450 e. The molecule has 1 atom stereocenters. The highest BCUT2D eigenvalue weighted by Crippen LogP contribution is 2.51. The van der Waals surface area contributed by atoms with Crippen molar-refractivity contribution in [1.29, 1.82) is 0 Å². The number of hydrogen-bond acceptors (Lipinski definition) is 6. The van der Waals surface area contributed by atoms with Crippen LogP contribution in [0.25, 0.3) is 0 Å². The lowest BCUT2D eigenvalue weighted by atomic mass is 9.64. The maximum absolute atomic E-state index is 12.0. The van der Waals surface area contributed by atoms with Gasteiger partial charge in [0.2, 0.25) is 0 Å². The molecule has 1 unspecified atom stereocenters. The fraction of sp³-hybridized carbons (Fsp3) is 0.818. The van der Waals surface area contributed by atoms with Gasteiger partial charge in [0, 0.05) is 43.3 Å². The van der Waals surface area contributed by atoms with Crippen LogP contribution in [0.3, 0.4) is 0 Å². The number of aromatic nitrogens is 1. The van der Waals surface area contributed by atoms with Crippen LogP contribution in [0.15, 0.2) is 11.6 Å². The molecule has 1 aromatic heterocycles. The molecule has 7 heteroatoms. The third-order valence-electron chi connectivity index (χ3n) is 7.90. The summed E-state index contributed by atoms with van der Waals surface area (Å²) in [7, 11) is 0. The quantitative estimate of drug-likeness (QED) is 0.744. The van der Waals surface area contributed by atoms with E-state index in [2.05, 4.69) is 20.2 Å². The van der Waals surface area contributed by atoms with Crippen molar-refractivity contribution in [3.63, 3.8) is 0 Å². The first-order chi connectivity index (χ1) is 14.2. The minimum absolute atomic E-state index is 0.116. The second-order valence-corrected chi connectivity index (χ2v) is 10.4. The molecule has 0 bridgehead atoms. The Bertz CT molecular complexity index is 698. The third-order valence-corrected chi connectivity index (χ3v) is 8.71. The van der Waals surface area contributed by atoms with E-state index >= 15 is 0 Å². The summed E-state index contributed by atoms with van der Waals surface area (Å²) in [6.45, 7) is 7.81. The topological polar surface area (TPSA) is 48.9 Å². The van der Waals surface area contributed by atoms with Gasteiger partial charge in [0.25, 0.3) is 0 Å². The zero-order chi connectivity index (χ0) is 19.8. The van der Waals surface area contributed by atoms with Gasteiger partial charge in [-0.3, -0.25) is 0 Å². The molecule has 1 amide bonds. The number of thiazole rings is 1. The number of anilines is 1. The summed E-state index contributed by atoms with van der Waals surface area (Å²) in [4.78, 5) is 23.9. The fourth-order valence-corrected chi connectivity index (χ4v) is 7.11. The van der Waals surface area contributed by atoms with Crippen LogP contribution in [0.4, 0.5) is 9.93 Å². The van der Waals surface area contributed by atoms with Gasteiger partial charge in [-0.2, -0.15) is 0 Å². The molecule has 29 heavy (non-hydrogen) atoms. The van der Waals surface area contributed by atoms with E-state index in [1.807, 2.05) is 18.0 Å². The molecule has 1 saturated carbocycles. The third kappa shape index (κ3) is 3.76. The zero-order valence-corrected chi connectivity index (χ0v) is 18.4. The van der Waals surface area contributed by atoms with Crippen LogP contribution in [-0.4, -0.2) is 72.3 Å². The Hall–Kier alpha value is -1.34. The molecule has 0 aromatic carbocycles. The summed E-state index contributed by atoms with van der Waals surface area (Å²) < 4.78 is 5.20. The van der Waals surface area contributed by atoms with Gasteiger partial charge in [-0.1, -0.05) is 0 Å². The number of carbonyl (C=O) groups is 1. The Balaban J connectivity index is 1.10. The predicted octanol–water partition coefficient (Wildman–Crippen LogP) is 3.83. The molecule has 3 aliphatic heterocycles. The molecule has 5 rings (SSSR count). The summed E-state index contributed by atoms with van der Waals surface area (Å²) in [6.07, 6.45) is 10.8. The molecular weight excluding hydrogens is 384 g/mol. The summed E-state index contributed by atoms with van der Waals surface area (Å²) in [6, 6.07) is 1.43. The van der Waals surface area contributed by atoms with Crippen LogP contribution < -0.4 is 4.90 Å². The van der Waals surface area contributed by atoms with Gasteiger partial charge >= 0.3 is 6.09 Å². The van der Waals surface area contributed by atoms with Gasteiger partial charge in [0.05, 0.1) is 6.61 Å². The molecular formula is C22H34N4O2S. The number of carbonyl (C=O) groups excluding carboxylic acids is 1. The van der Waals surface area contributed by atoms with Crippen molar-refractivity contribution in [2.24, 2.45) is 11.3 Å². The maximum atomic E-state index is 12.0. The molecule has 160 valence electrons. The summed E-state index contributed by atoms with van der Waals surface area (Å²) >= 11 is 1.79. The second-order valence-electron chi connectivity index (χ2n) is 9.52. The molecule has 6 nitrogen and oxygen atoms in total. The molecule has 4 aliphatic rings. The second kappa shape index (κ2) is 8.06. The van der Waals surface area contributed by atoms with Crippen LogP contribution >= 0.6 is 11.3 Å². The van der Waals surface area contributed by atoms with Crippen molar-refractivity contribution in [2.45, 2.75) is 64.0 Å². The molecule has 0 N–H and O–H groups in total. The Morgan fingerprint density at radius 2 is 2.07 bits per heavy atom. The highest BCUT2D eigenvalue weighted by molar-refractivity contribution is 7.13. The van der Waals surface area contributed by atoms with Gasteiger partial charge in [-0.25, -0.2) is 9.78 Å². The first-order valence-corrected chi connectivity index (χ1v) is 12.4. The van der Waals surface area contributed by atoms with E-state index in [4.69, 9.17) is 4.74 Å². The van der Waals surface area contributed by atoms with Crippen molar-refractivity contribution in [2.75, 3.05) is 44.2 Å². The van der Waals surface area contributed by atoms with Crippen LogP contribution in [0, 0.1) is 11.3 Å². The first kappa shape index (κ1) is 19.6. The van der Waals surface area contributed by atoms with Gasteiger partial charge in [-0.15, -0.1) is 11.3 Å². The van der Waals surface area contributed by atoms with E-state index in [-0.39, 0.29) is 6.09 Å². The van der Waals surface area contributed by atoms with Gasteiger partial charge in [0.15, 0.2) is 5.13 Å². The standard InChI is InChI=1S/C22H34N4O2S/c1-2-28-21(27)25-12-7-22(16-25)14-18(15-22)24-10-5-17(6-11-24)19-4-3-9-26(19)20-23-8-13-29-20/h8,13,17-19H,2-7,9-12,14-16H2,1H3. The minimum Gasteiger partial charge on any atom is -0.450 e. The van der Waals surface area contributed by atoms with Crippen molar-refractivity contribution in [3.05, 3.63) is 11.6 Å². The van der Waals surface area contributed by atoms with E-state index < -0.39 is 0 Å². The van der Waals surface area contributed by atoms with Crippen molar-refractivity contribution in [3.8, 4) is 0 Å². The van der Waals surface area contributed by atoms with Gasteiger partial charge in [-0.05, 0) is 76.3 Å². The van der Waals surface area contributed by atoms with E-state index in [1.165, 1.54) is 63.3 Å². The molecule has 4 heterocycles. The molecule has 0 radical (unpaired) electrons. The van der Waals surface area contributed by atoms with Crippen molar-refractivity contribution >= 4 is 22.6 Å². The smallest absolute Gasteiger partial charge is 0.409 e. The highest BCUT2D eigenvalue weighted by Gasteiger charge is 2.51. The Kier molecular flexibility index (Phi) is 5.45. The number of ether oxygens (including phenoxy) is 1. The lowest BCUT2D eigenvalue weighted by Gasteiger charge is -2.52. The van der Waals surface area contributed by atoms with E-state index in [0.29, 0.717) is 18.1 Å². The maximum Gasteiger partial charge on any atom is 0.409 e. The van der Waals surface area contributed by atoms with Crippen LogP contribution in [0.2, 0.25) is 0 Å². The Labute approximate surface area is 178 Å². The zero-order valence-electron chi connectivity index (χ0n) is 17.6. The number of likely N-dealkylation sites (tertiary alicyclic amines) is 2. The first-order valence-electron chi connectivity index (χ1n) is 11.5. The summed E-state index contributed by atoms with van der Waals surface area (Å²) in [5.41, 5.74) is 0.376. The van der Waals surface area contributed by atoms with E-state index in [0.717, 1.165) is 31.5 Å². The highest BCUT2D eigenvalue weighted by atomic mass is 32.1. The molecule has 1 aliphatic carbocycles. The van der Waals surface area contributed by atoms with Crippen LogP contribution in [0.1, 0.15) is 51.9 Å². The lowest BCUT2D eigenvalue weighted by molar-refractivity contribution is -0.0109. The van der Waals surface area contributed by atoms with E-state index in [9.17, 15) is 4.79 Å². The molecule has 4 fully saturated rings. The number of piperidine rings is 1. The SMILES string of the molecule is CCOC(=O)N1CCC2(CC(N3CCC(C4CCCN4c4nccs4)CC3)C2)C1. The van der Waals surface area contributed by atoms with Gasteiger partial charge < -0.3 is 19.4 Å². The average molecular weight is 419 g/mol. The summed E-state index contributed by atoms with van der Waals surface area (Å²) in [5, 5.41) is 3.33. The van der Waals surface area contributed by atoms with Crippen LogP contribution in [-0.2, 0) is 4.74 Å². The normalized spacial score (nSPS) is 33.4. The number of rotatable bonds is 4. The summed E-state index contributed by atoms with van der Waals surface area (Å²) in [5.74, 6) is 0.817. The number of nitrogens with zero attached hydrogens (tertiary/aromatic N) is 4. The molecule has 1 aromatic rings. The monoisotopic (exact) mass is 418 g/mol. The Morgan fingerprint density at radius 1 is 1.24 bits per heavy atom. The number of amides is 1. The lowest BCUT2D eigenvalue weighted by Crippen LogP contribution is -2.55. The van der Waals surface area contributed by atoms with Crippen LogP contribution in [0.5, 0.6) is 0 Å². The molecule has 1 spiro atoms. The van der Waals surface area contributed by atoms with Crippen molar-refractivity contribution < 1.29 is 9.53 Å². The van der Waals surface area contributed by atoms with Crippen molar-refractivity contribution in [1.82, 2.24) is 14.8 Å². The predicted molar refractivity (Wildman–Crippen MR) is 115 cm³/mol. The van der Waals surface area contributed by atoms with E-state index in [1.54, 1.807) is 11.3 Å². The molecule has 3 saturated heterocycles.